The van der Waals surface area contributed by atoms with Gasteiger partial charge in [-0.2, -0.15) is 9.97 Å². The monoisotopic (exact) mass is 893 g/mol. The van der Waals surface area contributed by atoms with E-state index in [-0.39, 0.29) is 0 Å². The average molecular weight is 894 g/mol. The Kier molecular flexibility index (Phi) is 8.27. The summed E-state index contributed by atoms with van der Waals surface area (Å²) in [5.41, 5.74) is 13.7. The van der Waals surface area contributed by atoms with Gasteiger partial charge in [0.05, 0.1) is 38.6 Å². The Bertz CT molecular complexity index is 4520. The molecule has 0 unspecified atom stereocenters. The Morgan fingerprint density at radius 2 is 0.900 bits per heavy atom. The molecular formula is C63H39N7. The normalized spacial score (nSPS) is 12.9. The van der Waals surface area contributed by atoms with Crippen LogP contribution in [0.1, 0.15) is 18.7 Å². The maximum atomic E-state index is 5.36. The summed E-state index contributed by atoms with van der Waals surface area (Å²) >= 11 is 0. The highest BCUT2D eigenvalue weighted by molar-refractivity contribution is 6.25. The van der Waals surface area contributed by atoms with Crippen molar-refractivity contribution in [1.29, 1.82) is 0 Å². The second kappa shape index (κ2) is 15.0. The van der Waals surface area contributed by atoms with E-state index in [0.717, 1.165) is 117 Å². The second-order valence-electron chi connectivity index (χ2n) is 18.1. The van der Waals surface area contributed by atoms with Gasteiger partial charge in [-0.1, -0.05) is 158 Å². The number of aromatic nitrogens is 7. The van der Waals surface area contributed by atoms with Crippen molar-refractivity contribution in [2.24, 2.45) is 0 Å². The van der Waals surface area contributed by atoms with Crippen molar-refractivity contribution >= 4 is 92.8 Å². The molecule has 0 spiro atoms. The molecule has 0 aliphatic heterocycles. The Morgan fingerprint density at radius 3 is 1.54 bits per heavy atom. The second-order valence-corrected chi connectivity index (χ2v) is 18.1. The van der Waals surface area contributed by atoms with Crippen molar-refractivity contribution in [3.05, 3.63) is 230 Å². The standard InChI is InChI=1S/C63H39N7/c1-4-19-40(20-5-1)61-64-62(41-21-6-2-7-22-41)66-63(65-61)70-56-34-17-13-30-48(56)52-38-37-51-47-29-12-16-33-55(47)69(59(51)60(52)70)44-26-18-25-43(39-44)68-54-32-15-11-28-46(54)50-36-35-49-45-27-10-14-31-53(45)67(57(49)58(50)68)42-23-8-3-9-24-42/h1,3-6,8-14,16-31,33-39H,2,7H2. The van der Waals surface area contributed by atoms with Crippen molar-refractivity contribution < 1.29 is 0 Å². The molecule has 7 heteroatoms. The molecule has 7 nitrogen and oxygen atoms in total. The van der Waals surface area contributed by atoms with Gasteiger partial charge >= 0.3 is 0 Å². The van der Waals surface area contributed by atoms with Crippen LogP contribution in [0, 0.1) is 12.1 Å². The van der Waals surface area contributed by atoms with Crippen molar-refractivity contribution in [2.75, 3.05) is 0 Å². The lowest BCUT2D eigenvalue weighted by atomic mass is 10.1. The van der Waals surface area contributed by atoms with Gasteiger partial charge in [0.15, 0.2) is 11.6 Å². The van der Waals surface area contributed by atoms with Gasteiger partial charge in [-0.25, -0.2) is 4.98 Å². The molecule has 0 fully saturated rings. The predicted molar refractivity (Wildman–Crippen MR) is 287 cm³/mol. The molecule has 0 bridgehead atoms. The molecule has 0 saturated carbocycles. The summed E-state index contributed by atoms with van der Waals surface area (Å²) in [7, 11) is 0. The zero-order valence-electron chi connectivity index (χ0n) is 37.8. The molecule has 15 rings (SSSR count). The van der Waals surface area contributed by atoms with Crippen LogP contribution in [0.5, 0.6) is 0 Å². The van der Waals surface area contributed by atoms with Gasteiger partial charge in [-0.3, -0.25) is 9.13 Å². The predicted octanol–water partition coefficient (Wildman–Crippen LogP) is 15.3. The average Bonchev–Trinajstić information content (AvgIpc) is 4.17. The third-order valence-electron chi connectivity index (χ3n) is 14.3. The zero-order chi connectivity index (χ0) is 45.9. The molecule has 0 N–H and O–H groups in total. The first-order chi connectivity index (χ1) is 34.8. The van der Waals surface area contributed by atoms with Crippen LogP contribution in [0.3, 0.4) is 0 Å². The van der Waals surface area contributed by atoms with Crippen LogP contribution in [-0.4, -0.2) is 33.2 Å². The summed E-state index contributed by atoms with van der Waals surface area (Å²) in [6, 6.07) is 76.3. The lowest BCUT2D eigenvalue weighted by molar-refractivity contribution is 0.927. The van der Waals surface area contributed by atoms with E-state index in [1.165, 1.54) is 10.8 Å². The van der Waals surface area contributed by atoms with Crippen molar-refractivity contribution in [1.82, 2.24) is 33.2 Å². The van der Waals surface area contributed by atoms with Crippen LogP contribution in [0.2, 0.25) is 0 Å². The fourth-order valence-electron chi connectivity index (χ4n) is 11.3. The van der Waals surface area contributed by atoms with Crippen LogP contribution in [-0.2, 0) is 0 Å². The number of allylic oxidation sites excluding steroid dienone is 4. The minimum absolute atomic E-state index is 0.572. The van der Waals surface area contributed by atoms with E-state index < -0.39 is 0 Å². The zero-order valence-corrected chi connectivity index (χ0v) is 37.8. The van der Waals surface area contributed by atoms with E-state index in [1.807, 2.05) is 24.3 Å². The highest BCUT2D eigenvalue weighted by Gasteiger charge is 2.25. The summed E-state index contributed by atoms with van der Waals surface area (Å²) in [4.78, 5) is 15.8. The number of benzene rings is 8. The van der Waals surface area contributed by atoms with Gasteiger partial charge < -0.3 is 9.13 Å². The van der Waals surface area contributed by atoms with E-state index in [4.69, 9.17) is 15.0 Å². The third kappa shape index (κ3) is 5.56. The smallest absolute Gasteiger partial charge is 0.238 e. The van der Waals surface area contributed by atoms with E-state index >= 15 is 0 Å². The molecule has 5 aromatic heterocycles. The minimum atomic E-state index is 0.572. The van der Waals surface area contributed by atoms with E-state index in [9.17, 15) is 0 Å². The topological polar surface area (TPSA) is 58.4 Å². The third-order valence-corrected chi connectivity index (χ3v) is 14.3. The molecule has 0 amide bonds. The first kappa shape index (κ1) is 38.6. The number of hydrogen-bond donors (Lipinski definition) is 0. The quantitative estimate of drug-likeness (QED) is 0.167. The SMILES string of the molecule is c1ccc2c3ccc4c5ccccc5n(-c5ccccc5)c4c3n(-c3cccc(-n4c5ccccc5c5ccc6c7ccccc7n(-c7nc(C8=CCCC=C8)nc(-c8ccccc8)n7)c6c54)c3)c2c#1. The molecular weight excluding hydrogens is 855 g/mol. The van der Waals surface area contributed by atoms with Crippen LogP contribution in [0.25, 0.3) is 127 Å². The molecule has 1 aliphatic rings. The summed E-state index contributed by atoms with van der Waals surface area (Å²) in [6.45, 7) is 0. The number of fused-ring (bicyclic) bond motifs is 14. The van der Waals surface area contributed by atoms with Gasteiger partial charge in [-0.05, 0) is 79.6 Å². The van der Waals surface area contributed by atoms with Gasteiger partial charge in [0.1, 0.15) is 5.52 Å². The van der Waals surface area contributed by atoms with Crippen LogP contribution >= 0.6 is 0 Å². The van der Waals surface area contributed by atoms with E-state index in [0.29, 0.717) is 17.6 Å². The van der Waals surface area contributed by atoms with Crippen molar-refractivity contribution in [3.8, 4) is 34.4 Å². The summed E-state index contributed by atoms with van der Waals surface area (Å²) in [5, 5.41) is 9.24. The van der Waals surface area contributed by atoms with Crippen molar-refractivity contribution in [3.63, 3.8) is 0 Å². The molecule has 0 saturated heterocycles. The van der Waals surface area contributed by atoms with Gasteiger partial charge in [-0.15, -0.1) is 0 Å². The van der Waals surface area contributed by atoms with Crippen molar-refractivity contribution in [2.45, 2.75) is 12.8 Å². The van der Waals surface area contributed by atoms with Gasteiger partial charge in [0.2, 0.25) is 5.95 Å². The largest absolute Gasteiger partial charge is 0.307 e. The van der Waals surface area contributed by atoms with E-state index in [1.54, 1.807) is 0 Å². The molecule has 0 radical (unpaired) electrons. The molecule has 1 aliphatic carbocycles. The van der Waals surface area contributed by atoms with Gasteiger partial charge in [0, 0.05) is 71.3 Å². The fourth-order valence-corrected chi connectivity index (χ4v) is 11.3. The first-order valence-electron chi connectivity index (χ1n) is 23.9. The Morgan fingerprint density at radius 1 is 0.386 bits per heavy atom. The number of nitrogens with zero attached hydrogens (tertiary/aromatic N) is 7. The molecule has 70 heavy (non-hydrogen) atoms. The maximum absolute atomic E-state index is 5.36. The lowest BCUT2D eigenvalue weighted by Crippen LogP contribution is -2.09. The summed E-state index contributed by atoms with van der Waals surface area (Å²) < 4.78 is 9.54. The van der Waals surface area contributed by atoms with Gasteiger partial charge in [0.25, 0.3) is 0 Å². The van der Waals surface area contributed by atoms with Crippen LogP contribution in [0.4, 0.5) is 0 Å². The fraction of sp³-hybridized carbons (Fsp3) is 0.0317. The minimum Gasteiger partial charge on any atom is -0.307 e. The Hall–Kier alpha value is -9.51. The highest BCUT2D eigenvalue weighted by atomic mass is 15.2. The molecule has 9 aromatic carbocycles. The molecule has 5 heterocycles. The molecule has 0 atom stereocenters. The first-order valence-corrected chi connectivity index (χ1v) is 23.9. The number of rotatable bonds is 6. The summed E-state index contributed by atoms with van der Waals surface area (Å²) in [5.74, 6) is 1.86. The lowest BCUT2D eigenvalue weighted by Gasteiger charge is -2.15. The maximum Gasteiger partial charge on any atom is 0.238 e. The van der Waals surface area contributed by atoms with E-state index in [2.05, 4.69) is 218 Å². The Balaban J connectivity index is 1.05. The molecule has 14 aromatic rings. The van der Waals surface area contributed by atoms with Crippen LogP contribution in [0.15, 0.2) is 212 Å². The number of para-hydroxylation sites is 4. The molecule has 326 valence electrons. The number of hydrogen-bond acceptors (Lipinski definition) is 3. The van der Waals surface area contributed by atoms with Crippen LogP contribution < -0.4 is 0 Å². The Labute approximate surface area is 401 Å². The summed E-state index contributed by atoms with van der Waals surface area (Å²) in [6.07, 6.45) is 8.53. The highest BCUT2D eigenvalue weighted by Crippen LogP contribution is 2.44.